The zero-order valence-electron chi connectivity index (χ0n) is 13.5. The molecular weight excluding hydrogens is 265 g/mol. The van der Waals surface area contributed by atoms with Gasteiger partial charge < -0.3 is 10.2 Å². The molecule has 1 aromatic rings. The fourth-order valence-corrected chi connectivity index (χ4v) is 3.18. The number of rotatable bonds is 7. The first-order valence-corrected chi connectivity index (χ1v) is 8.17. The Kier molecular flexibility index (Phi) is 6.00. The minimum absolute atomic E-state index is 0.0920. The largest absolute Gasteiger partial charge is 0.368 e. The lowest BCUT2D eigenvalue weighted by Gasteiger charge is -2.26. The van der Waals surface area contributed by atoms with E-state index in [1.54, 1.807) is 6.07 Å². The van der Waals surface area contributed by atoms with Crippen molar-refractivity contribution in [3.05, 3.63) is 29.6 Å². The summed E-state index contributed by atoms with van der Waals surface area (Å²) in [7, 11) is 0. The second kappa shape index (κ2) is 7.76. The molecule has 1 fully saturated rings. The van der Waals surface area contributed by atoms with E-state index in [4.69, 9.17) is 0 Å². The number of hydrogen-bond acceptors (Lipinski definition) is 3. The van der Waals surface area contributed by atoms with Crippen molar-refractivity contribution in [2.24, 2.45) is 0 Å². The fraction of sp³-hybridized carbons (Fsp3) is 0.647. The van der Waals surface area contributed by atoms with Crippen LogP contribution in [0.3, 0.4) is 0 Å². The molecule has 1 atom stereocenters. The third kappa shape index (κ3) is 3.95. The molecule has 0 spiro atoms. The van der Waals surface area contributed by atoms with Gasteiger partial charge in [-0.05, 0) is 43.8 Å². The lowest BCUT2D eigenvalue weighted by Crippen LogP contribution is -2.37. The van der Waals surface area contributed by atoms with E-state index in [9.17, 15) is 4.39 Å². The van der Waals surface area contributed by atoms with E-state index >= 15 is 0 Å². The van der Waals surface area contributed by atoms with Crippen LogP contribution in [0.15, 0.2) is 18.2 Å². The molecule has 0 aliphatic carbocycles. The highest BCUT2D eigenvalue weighted by Gasteiger charge is 2.27. The molecule has 0 radical (unpaired) electrons. The van der Waals surface area contributed by atoms with Gasteiger partial charge in [0.2, 0.25) is 0 Å². The van der Waals surface area contributed by atoms with Crippen molar-refractivity contribution in [1.82, 2.24) is 10.2 Å². The average molecular weight is 293 g/mol. The molecule has 1 aliphatic heterocycles. The van der Waals surface area contributed by atoms with Crippen molar-refractivity contribution in [2.45, 2.75) is 39.8 Å². The van der Waals surface area contributed by atoms with Crippen molar-refractivity contribution >= 4 is 5.69 Å². The van der Waals surface area contributed by atoms with Crippen molar-refractivity contribution in [3.63, 3.8) is 0 Å². The van der Waals surface area contributed by atoms with Gasteiger partial charge in [-0.2, -0.15) is 0 Å². The second-order valence-corrected chi connectivity index (χ2v) is 5.68. The molecule has 0 bridgehead atoms. The highest BCUT2D eigenvalue weighted by atomic mass is 19.1. The summed E-state index contributed by atoms with van der Waals surface area (Å²) >= 11 is 0. The molecule has 1 saturated heterocycles. The van der Waals surface area contributed by atoms with Gasteiger partial charge in [-0.3, -0.25) is 4.90 Å². The predicted octanol–water partition coefficient (Wildman–Crippen LogP) is 2.86. The van der Waals surface area contributed by atoms with Crippen molar-refractivity contribution in [3.8, 4) is 0 Å². The molecule has 0 aromatic heterocycles. The summed E-state index contributed by atoms with van der Waals surface area (Å²) in [6, 6.07) is 6.20. The van der Waals surface area contributed by atoms with Crippen LogP contribution in [-0.2, 0) is 6.54 Å². The Morgan fingerprint density at radius 1 is 1.29 bits per heavy atom. The SMILES string of the molecule is CCNCc1ccc(N2CCC(N(CC)CC)C2)c(F)c1. The topological polar surface area (TPSA) is 18.5 Å². The Bertz CT molecular complexity index is 446. The van der Waals surface area contributed by atoms with Gasteiger partial charge in [-0.1, -0.05) is 26.8 Å². The maximum absolute atomic E-state index is 14.3. The summed E-state index contributed by atoms with van der Waals surface area (Å²) in [4.78, 5) is 4.66. The van der Waals surface area contributed by atoms with E-state index in [1.807, 2.05) is 12.1 Å². The van der Waals surface area contributed by atoms with Crippen molar-refractivity contribution in [1.29, 1.82) is 0 Å². The summed E-state index contributed by atoms with van der Waals surface area (Å²) in [6.45, 7) is 12.1. The molecule has 2 rings (SSSR count). The lowest BCUT2D eigenvalue weighted by atomic mass is 10.2. The number of halogens is 1. The molecular formula is C17H28FN3. The third-order valence-corrected chi connectivity index (χ3v) is 4.42. The highest BCUT2D eigenvalue weighted by molar-refractivity contribution is 5.50. The Labute approximate surface area is 128 Å². The molecule has 1 N–H and O–H groups in total. The molecule has 21 heavy (non-hydrogen) atoms. The zero-order chi connectivity index (χ0) is 15.2. The number of benzene rings is 1. The quantitative estimate of drug-likeness (QED) is 0.834. The van der Waals surface area contributed by atoms with Crippen LogP contribution in [0, 0.1) is 5.82 Å². The summed E-state index contributed by atoms with van der Waals surface area (Å²) in [5.74, 6) is -0.0920. The number of nitrogens with zero attached hydrogens (tertiary/aromatic N) is 2. The van der Waals surface area contributed by atoms with Gasteiger partial charge in [-0.15, -0.1) is 0 Å². The standard InChI is InChI=1S/C17H28FN3/c1-4-19-12-14-7-8-17(16(18)11-14)21-10-9-15(13-21)20(5-2)6-3/h7-8,11,15,19H,4-6,9-10,12-13H2,1-3H3. The Balaban J connectivity index is 2.02. The van der Waals surface area contributed by atoms with E-state index in [2.05, 4.69) is 35.9 Å². The fourth-order valence-electron chi connectivity index (χ4n) is 3.18. The maximum Gasteiger partial charge on any atom is 0.146 e. The highest BCUT2D eigenvalue weighted by Crippen LogP contribution is 2.26. The van der Waals surface area contributed by atoms with E-state index < -0.39 is 0 Å². The molecule has 4 heteroatoms. The van der Waals surface area contributed by atoms with Gasteiger partial charge in [0.25, 0.3) is 0 Å². The average Bonchev–Trinajstić information content (AvgIpc) is 2.96. The van der Waals surface area contributed by atoms with Crippen LogP contribution < -0.4 is 10.2 Å². The van der Waals surface area contributed by atoms with Crippen molar-refractivity contribution in [2.75, 3.05) is 37.6 Å². The van der Waals surface area contributed by atoms with E-state index in [1.165, 1.54) is 0 Å². The predicted molar refractivity (Wildman–Crippen MR) is 87.3 cm³/mol. The normalized spacial score (nSPS) is 18.7. The Morgan fingerprint density at radius 3 is 2.67 bits per heavy atom. The first-order chi connectivity index (χ1) is 10.2. The molecule has 0 saturated carbocycles. The lowest BCUT2D eigenvalue weighted by molar-refractivity contribution is 0.232. The number of anilines is 1. The number of likely N-dealkylation sites (N-methyl/N-ethyl adjacent to an activating group) is 1. The Morgan fingerprint density at radius 2 is 2.05 bits per heavy atom. The molecule has 3 nitrogen and oxygen atoms in total. The van der Waals surface area contributed by atoms with Crippen LogP contribution in [0.2, 0.25) is 0 Å². The van der Waals surface area contributed by atoms with E-state index in [-0.39, 0.29) is 5.82 Å². The monoisotopic (exact) mass is 293 g/mol. The smallest absolute Gasteiger partial charge is 0.146 e. The van der Waals surface area contributed by atoms with Gasteiger partial charge in [0.1, 0.15) is 5.82 Å². The summed E-state index contributed by atoms with van der Waals surface area (Å²) < 4.78 is 14.3. The molecule has 1 heterocycles. The zero-order valence-corrected chi connectivity index (χ0v) is 13.5. The van der Waals surface area contributed by atoms with Crippen LogP contribution in [-0.4, -0.2) is 43.7 Å². The van der Waals surface area contributed by atoms with Crippen molar-refractivity contribution < 1.29 is 4.39 Å². The van der Waals surface area contributed by atoms with Crippen LogP contribution in [0.5, 0.6) is 0 Å². The number of nitrogens with one attached hydrogen (secondary N) is 1. The molecule has 118 valence electrons. The van der Waals surface area contributed by atoms with E-state index in [0.717, 1.165) is 56.9 Å². The van der Waals surface area contributed by atoms with Crippen LogP contribution >= 0.6 is 0 Å². The maximum atomic E-state index is 14.3. The van der Waals surface area contributed by atoms with Gasteiger partial charge in [0.15, 0.2) is 0 Å². The molecule has 1 unspecified atom stereocenters. The van der Waals surface area contributed by atoms with Gasteiger partial charge in [0, 0.05) is 25.7 Å². The van der Waals surface area contributed by atoms with Gasteiger partial charge >= 0.3 is 0 Å². The van der Waals surface area contributed by atoms with Gasteiger partial charge in [-0.25, -0.2) is 4.39 Å². The number of hydrogen-bond donors (Lipinski definition) is 1. The Hall–Kier alpha value is -1.13. The van der Waals surface area contributed by atoms with Crippen LogP contribution in [0.25, 0.3) is 0 Å². The first kappa shape index (κ1) is 16.2. The van der Waals surface area contributed by atoms with Gasteiger partial charge in [0.05, 0.1) is 5.69 Å². The summed E-state index contributed by atoms with van der Waals surface area (Å²) in [5.41, 5.74) is 1.77. The van der Waals surface area contributed by atoms with Crippen LogP contribution in [0.4, 0.5) is 10.1 Å². The van der Waals surface area contributed by atoms with Crippen LogP contribution in [0.1, 0.15) is 32.8 Å². The summed E-state index contributed by atoms with van der Waals surface area (Å²) in [6.07, 6.45) is 1.13. The minimum Gasteiger partial charge on any atom is -0.368 e. The first-order valence-electron chi connectivity index (χ1n) is 8.17. The minimum atomic E-state index is -0.0920. The summed E-state index contributed by atoms with van der Waals surface area (Å²) in [5, 5.41) is 3.23. The molecule has 1 aliphatic rings. The molecule has 1 aromatic carbocycles. The third-order valence-electron chi connectivity index (χ3n) is 4.42. The van der Waals surface area contributed by atoms with E-state index in [0.29, 0.717) is 6.04 Å². The molecule has 0 amide bonds. The second-order valence-electron chi connectivity index (χ2n) is 5.68.